The molecular formula is C30H19BrN2. The summed E-state index contributed by atoms with van der Waals surface area (Å²) < 4.78 is 5.87. The van der Waals surface area contributed by atoms with Crippen LogP contribution in [0, 0.1) is 0 Å². The Morgan fingerprint density at radius 2 is 0.848 bits per heavy atom. The molecule has 7 aromatic rings. The predicted octanol–water partition coefficient (Wildman–Crippen LogP) is 8.64. The summed E-state index contributed by atoms with van der Waals surface area (Å²) in [6.07, 6.45) is 0. The van der Waals surface area contributed by atoms with Crippen LogP contribution in [0.3, 0.4) is 0 Å². The molecule has 0 unspecified atom stereocenters. The van der Waals surface area contributed by atoms with Crippen molar-refractivity contribution in [3.8, 4) is 11.4 Å². The zero-order chi connectivity index (χ0) is 21.9. The molecule has 2 nitrogen and oxygen atoms in total. The number of nitrogens with zero attached hydrogens (tertiary/aromatic N) is 2. The predicted molar refractivity (Wildman–Crippen MR) is 143 cm³/mol. The van der Waals surface area contributed by atoms with Crippen LogP contribution < -0.4 is 0 Å². The van der Waals surface area contributed by atoms with Crippen LogP contribution in [0.5, 0.6) is 0 Å². The van der Waals surface area contributed by atoms with E-state index in [1.807, 2.05) is 0 Å². The van der Waals surface area contributed by atoms with Gasteiger partial charge in [0.25, 0.3) is 0 Å². The molecule has 0 saturated heterocycles. The third-order valence-corrected chi connectivity index (χ3v) is 7.26. The molecule has 0 aliphatic carbocycles. The average Bonchev–Trinajstić information content (AvgIpc) is 3.38. The maximum atomic E-state index is 3.79. The van der Waals surface area contributed by atoms with Gasteiger partial charge in [-0.3, -0.25) is 0 Å². The Morgan fingerprint density at radius 1 is 0.394 bits per heavy atom. The zero-order valence-corrected chi connectivity index (χ0v) is 19.3. The van der Waals surface area contributed by atoms with Crippen molar-refractivity contribution in [1.82, 2.24) is 9.13 Å². The van der Waals surface area contributed by atoms with Crippen LogP contribution in [0.25, 0.3) is 55.0 Å². The smallest absolute Gasteiger partial charge is 0.0604 e. The molecule has 0 N–H and O–H groups in total. The van der Waals surface area contributed by atoms with Crippen LogP contribution in [0.15, 0.2) is 120 Å². The van der Waals surface area contributed by atoms with E-state index < -0.39 is 0 Å². The summed E-state index contributed by atoms with van der Waals surface area (Å²) in [5.74, 6) is 0. The summed E-state index contributed by atoms with van der Waals surface area (Å²) >= 11 is 3.79. The molecule has 33 heavy (non-hydrogen) atoms. The molecule has 3 heteroatoms. The van der Waals surface area contributed by atoms with Gasteiger partial charge in [0.1, 0.15) is 0 Å². The molecule has 7 rings (SSSR count). The van der Waals surface area contributed by atoms with Crippen LogP contribution in [0.2, 0.25) is 0 Å². The van der Waals surface area contributed by atoms with Crippen LogP contribution >= 0.6 is 15.9 Å². The molecular weight excluding hydrogens is 468 g/mol. The molecule has 5 aromatic carbocycles. The molecule has 0 fully saturated rings. The van der Waals surface area contributed by atoms with E-state index in [4.69, 9.17) is 0 Å². The summed E-state index contributed by atoms with van der Waals surface area (Å²) in [6, 6.07) is 41.2. The maximum Gasteiger partial charge on any atom is 0.0604 e. The van der Waals surface area contributed by atoms with Crippen LogP contribution in [-0.2, 0) is 0 Å². The summed E-state index contributed by atoms with van der Waals surface area (Å²) in [4.78, 5) is 0. The second-order valence-electron chi connectivity index (χ2n) is 8.34. The van der Waals surface area contributed by atoms with E-state index in [9.17, 15) is 0 Å². The quantitative estimate of drug-likeness (QED) is 0.231. The third kappa shape index (κ3) is 2.60. The molecule has 156 valence electrons. The van der Waals surface area contributed by atoms with Crippen molar-refractivity contribution in [2.24, 2.45) is 0 Å². The highest BCUT2D eigenvalue weighted by molar-refractivity contribution is 9.10. The summed E-state index contributed by atoms with van der Waals surface area (Å²) in [7, 11) is 0. The van der Waals surface area contributed by atoms with Crippen molar-refractivity contribution in [3.05, 3.63) is 120 Å². The van der Waals surface area contributed by atoms with Gasteiger partial charge in [-0.05, 0) is 58.4 Å². The van der Waals surface area contributed by atoms with Gasteiger partial charge in [0.05, 0.1) is 33.4 Å². The first-order valence-electron chi connectivity index (χ1n) is 11.1. The third-order valence-electron chi connectivity index (χ3n) is 6.59. The Hall–Kier alpha value is -3.82. The lowest BCUT2D eigenvalue weighted by Gasteiger charge is -2.12. The molecule has 0 bridgehead atoms. The molecule has 0 aliphatic rings. The minimum Gasteiger partial charge on any atom is -0.309 e. The summed E-state index contributed by atoms with van der Waals surface area (Å²) in [6.45, 7) is 0. The van der Waals surface area contributed by atoms with Crippen molar-refractivity contribution in [2.75, 3.05) is 0 Å². The van der Waals surface area contributed by atoms with Gasteiger partial charge < -0.3 is 9.13 Å². The average molecular weight is 487 g/mol. The molecule has 0 atom stereocenters. The van der Waals surface area contributed by atoms with Gasteiger partial charge >= 0.3 is 0 Å². The number of hydrogen-bond acceptors (Lipinski definition) is 0. The topological polar surface area (TPSA) is 9.86 Å². The lowest BCUT2D eigenvalue weighted by atomic mass is 10.1. The fourth-order valence-corrected chi connectivity index (χ4v) is 5.72. The van der Waals surface area contributed by atoms with Gasteiger partial charge in [0, 0.05) is 26.0 Å². The van der Waals surface area contributed by atoms with Crippen molar-refractivity contribution in [3.63, 3.8) is 0 Å². The second-order valence-corrected chi connectivity index (χ2v) is 9.20. The number of benzene rings is 5. The Balaban J connectivity index is 1.70. The highest BCUT2D eigenvalue weighted by atomic mass is 79.9. The molecule has 0 saturated carbocycles. The Labute approximate surface area is 199 Å². The van der Waals surface area contributed by atoms with Gasteiger partial charge in [0.2, 0.25) is 0 Å². The molecule has 0 amide bonds. The minimum atomic E-state index is 1.08. The fourth-order valence-electron chi connectivity index (χ4n) is 5.26. The number of fused-ring (bicyclic) bond motifs is 6. The molecule has 2 heterocycles. The maximum absolute atomic E-state index is 3.79. The zero-order valence-electron chi connectivity index (χ0n) is 17.7. The summed E-state index contributed by atoms with van der Waals surface area (Å²) in [5.41, 5.74) is 7.19. The largest absolute Gasteiger partial charge is 0.309 e. The molecule has 0 spiro atoms. The first-order chi connectivity index (χ1) is 16.3. The van der Waals surface area contributed by atoms with Crippen molar-refractivity contribution < 1.29 is 0 Å². The highest BCUT2D eigenvalue weighted by Gasteiger charge is 2.19. The normalized spacial score (nSPS) is 11.8. The lowest BCUT2D eigenvalue weighted by molar-refractivity contribution is 1.16. The van der Waals surface area contributed by atoms with Crippen molar-refractivity contribution >= 4 is 59.5 Å². The van der Waals surface area contributed by atoms with E-state index in [0.717, 1.165) is 10.2 Å². The van der Waals surface area contributed by atoms with Crippen LogP contribution in [0.1, 0.15) is 0 Å². The summed E-state index contributed by atoms with van der Waals surface area (Å²) in [5, 5.41) is 5.07. The lowest BCUT2D eigenvalue weighted by Crippen LogP contribution is -1.97. The van der Waals surface area contributed by atoms with E-state index in [-0.39, 0.29) is 0 Å². The monoisotopic (exact) mass is 486 g/mol. The first kappa shape index (κ1) is 18.7. The van der Waals surface area contributed by atoms with Gasteiger partial charge in [-0.1, -0.05) is 72.8 Å². The van der Waals surface area contributed by atoms with Gasteiger partial charge in [-0.25, -0.2) is 0 Å². The molecule has 0 aliphatic heterocycles. The highest BCUT2D eigenvalue weighted by Crippen LogP contribution is 2.40. The first-order valence-corrected chi connectivity index (χ1v) is 11.9. The number of aromatic nitrogens is 2. The van der Waals surface area contributed by atoms with Gasteiger partial charge in [-0.2, -0.15) is 0 Å². The molecule has 0 radical (unpaired) electrons. The van der Waals surface area contributed by atoms with E-state index in [2.05, 4.69) is 140 Å². The van der Waals surface area contributed by atoms with Crippen LogP contribution in [0.4, 0.5) is 0 Å². The Morgan fingerprint density at radius 3 is 1.52 bits per heavy atom. The Bertz CT molecular complexity index is 1780. The standard InChI is InChI=1S/C30H19BrN2/c31-23-13-4-8-17-27(23)33-26-16-7-3-12-22(26)30-28(18-9-19-29(30)33)32-24-14-5-1-10-20(24)21-11-2-6-15-25(21)32/h1-19H. The number of rotatable bonds is 2. The minimum absolute atomic E-state index is 1.08. The fraction of sp³-hybridized carbons (Fsp3) is 0. The number of halogens is 1. The van der Waals surface area contributed by atoms with E-state index in [1.54, 1.807) is 0 Å². The Kier molecular flexibility index (Phi) is 4.02. The van der Waals surface area contributed by atoms with Gasteiger partial charge in [-0.15, -0.1) is 0 Å². The van der Waals surface area contributed by atoms with E-state index >= 15 is 0 Å². The van der Waals surface area contributed by atoms with E-state index in [0.29, 0.717) is 0 Å². The number of para-hydroxylation sites is 4. The van der Waals surface area contributed by atoms with Crippen molar-refractivity contribution in [1.29, 1.82) is 0 Å². The SMILES string of the molecule is Brc1ccccc1-n1c2ccccc2c2c(-n3c4ccccc4c4ccccc43)cccc21. The van der Waals surface area contributed by atoms with Crippen LogP contribution in [-0.4, -0.2) is 9.13 Å². The van der Waals surface area contributed by atoms with Crippen molar-refractivity contribution in [2.45, 2.75) is 0 Å². The second kappa shape index (κ2) is 7.09. The van der Waals surface area contributed by atoms with Gasteiger partial charge in [0.15, 0.2) is 0 Å². The number of hydrogen-bond donors (Lipinski definition) is 0. The molecule has 2 aromatic heterocycles. The van der Waals surface area contributed by atoms with E-state index in [1.165, 1.54) is 49.3 Å².